The summed E-state index contributed by atoms with van der Waals surface area (Å²) in [7, 11) is 5.54. The molecule has 118 valence electrons. The molecule has 2 N–H and O–H groups in total. The van der Waals surface area contributed by atoms with Gasteiger partial charge in [0.2, 0.25) is 5.88 Å². The van der Waals surface area contributed by atoms with E-state index in [9.17, 15) is 0 Å². The fraction of sp³-hybridized carbons (Fsp3) is 0.176. The van der Waals surface area contributed by atoms with E-state index >= 15 is 0 Å². The Labute approximate surface area is 134 Å². The van der Waals surface area contributed by atoms with Gasteiger partial charge in [-0.1, -0.05) is 0 Å². The Bertz CT molecular complexity index is 849. The summed E-state index contributed by atoms with van der Waals surface area (Å²) in [6.07, 6.45) is 1.49. The summed E-state index contributed by atoms with van der Waals surface area (Å²) < 4.78 is 11.1. The van der Waals surface area contributed by atoms with Crippen LogP contribution in [-0.2, 0) is 0 Å². The molecule has 0 spiro atoms. The summed E-state index contributed by atoms with van der Waals surface area (Å²) in [5, 5.41) is 0.842. The van der Waals surface area contributed by atoms with E-state index in [4.69, 9.17) is 15.2 Å². The van der Waals surface area contributed by atoms with Crippen LogP contribution in [0.1, 0.15) is 0 Å². The summed E-state index contributed by atoms with van der Waals surface area (Å²) in [6, 6.07) is 11.2. The molecule has 3 rings (SSSR count). The number of nitrogens with two attached hydrogens (primary N) is 1. The maximum atomic E-state index is 5.89. The molecule has 0 amide bonds. The van der Waals surface area contributed by atoms with Crippen LogP contribution in [-0.4, -0.2) is 31.2 Å². The van der Waals surface area contributed by atoms with Gasteiger partial charge < -0.3 is 20.1 Å². The first-order valence-corrected chi connectivity index (χ1v) is 7.12. The van der Waals surface area contributed by atoms with Crippen LogP contribution in [0.25, 0.3) is 10.9 Å². The summed E-state index contributed by atoms with van der Waals surface area (Å²) >= 11 is 0. The zero-order valence-electron chi connectivity index (χ0n) is 13.3. The van der Waals surface area contributed by atoms with E-state index in [-0.39, 0.29) is 0 Å². The maximum Gasteiger partial charge on any atom is 0.230 e. The van der Waals surface area contributed by atoms with Crippen LogP contribution in [0, 0.1) is 0 Å². The highest BCUT2D eigenvalue weighted by atomic mass is 16.5. The minimum atomic E-state index is 0.493. The van der Waals surface area contributed by atoms with E-state index in [1.807, 2.05) is 37.2 Å². The number of hydrogen-bond donors (Lipinski definition) is 1. The smallest absolute Gasteiger partial charge is 0.230 e. The zero-order valence-corrected chi connectivity index (χ0v) is 13.3. The maximum absolute atomic E-state index is 5.89. The van der Waals surface area contributed by atoms with Gasteiger partial charge in [-0.2, -0.15) is 0 Å². The van der Waals surface area contributed by atoms with Crippen molar-refractivity contribution in [2.75, 3.05) is 31.8 Å². The van der Waals surface area contributed by atoms with Crippen LogP contribution < -0.4 is 20.1 Å². The van der Waals surface area contributed by atoms with E-state index in [0.29, 0.717) is 23.1 Å². The summed E-state index contributed by atoms with van der Waals surface area (Å²) in [6.45, 7) is 0. The first-order valence-electron chi connectivity index (χ1n) is 7.12. The van der Waals surface area contributed by atoms with Crippen molar-refractivity contribution in [3.63, 3.8) is 0 Å². The second kappa shape index (κ2) is 6.00. The first kappa shape index (κ1) is 14.9. The van der Waals surface area contributed by atoms with Crippen molar-refractivity contribution in [2.24, 2.45) is 0 Å². The normalized spacial score (nSPS) is 10.6. The first-order chi connectivity index (χ1) is 11.1. The highest BCUT2D eigenvalue weighted by Crippen LogP contribution is 2.32. The molecule has 6 nitrogen and oxygen atoms in total. The zero-order chi connectivity index (χ0) is 16.4. The van der Waals surface area contributed by atoms with Crippen molar-refractivity contribution in [1.29, 1.82) is 0 Å². The van der Waals surface area contributed by atoms with Crippen molar-refractivity contribution < 1.29 is 9.47 Å². The molecule has 2 aromatic carbocycles. The lowest BCUT2D eigenvalue weighted by Gasteiger charge is -2.14. The van der Waals surface area contributed by atoms with Gasteiger partial charge in [0.05, 0.1) is 23.7 Å². The van der Waals surface area contributed by atoms with Crippen molar-refractivity contribution in [3.8, 4) is 17.4 Å². The molecule has 1 aromatic heterocycles. The molecule has 23 heavy (non-hydrogen) atoms. The Morgan fingerprint density at radius 1 is 1.04 bits per heavy atom. The largest absolute Gasteiger partial charge is 0.494 e. The van der Waals surface area contributed by atoms with Crippen molar-refractivity contribution in [2.45, 2.75) is 0 Å². The Balaban J connectivity index is 2.00. The van der Waals surface area contributed by atoms with Gasteiger partial charge in [0.25, 0.3) is 0 Å². The van der Waals surface area contributed by atoms with Gasteiger partial charge in [0.15, 0.2) is 0 Å². The van der Waals surface area contributed by atoms with Crippen molar-refractivity contribution in [3.05, 3.63) is 42.7 Å². The summed E-state index contributed by atoms with van der Waals surface area (Å²) in [4.78, 5) is 10.6. The van der Waals surface area contributed by atoms with E-state index in [1.165, 1.54) is 6.33 Å². The second-order valence-electron chi connectivity index (χ2n) is 5.28. The Morgan fingerprint density at radius 2 is 1.87 bits per heavy atom. The number of anilines is 2. The summed E-state index contributed by atoms with van der Waals surface area (Å²) in [5.41, 5.74) is 8.27. The van der Waals surface area contributed by atoms with Crippen molar-refractivity contribution in [1.82, 2.24) is 9.97 Å². The fourth-order valence-electron chi connectivity index (χ4n) is 2.25. The Morgan fingerprint density at radius 3 is 2.61 bits per heavy atom. The number of hydrogen-bond acceptors (Lipinski definition) is 6. The van der Waals surface area contributed by atoms with Gasteiger partial charge >= 0.3 is 0 Å². The second-order valence-corrected chi connectivity index (χ2v) is 5.28. The monoisotopic (exact) mass is 310 g/mol. The van der Waals surface area contributed by atoms with Crippen LogP contribution in [0.15, 0.2) is 42.7 Å². The van der Waals surface area contributed by atoms with Crippen LogP contribution in [0.4, 0.5) is 11.4 Å². The molecule has 0 aliphatic rings. The molecule has 0 aliphatic heterocycles. The number of nitrogens with zero attached hydrogens (tertiary/aromatic N) is 3. The van der Waals surface area contributed by atoms with E-state index in [0.717, 1.165) is 16.6 Å². The van der Waals surface area contributed by atoms with Gasteiger partial charge in [-0.3, -0.25) is 0 Å². The molecular formula is C17H18N4O2. The molecule has 6 heteroatoms. The van der Waals surface area contributed by atoms with Gasteiger partial charge in [0, 0.05) is 25.8 Å². The van der Waals surface area contributed by atoms with Gasteiger partial charge in [-0.25, -0.2) is 9.97 Å². The topological polar surface area (TPSA) is 73.5 Å². The number of rotatable bonds is 4. The van der Waals surface area contributed by atoms with E-state index in [1.54, 1.807) is 25.3 Å². The molecule has 0 fully saturated rings. The molecule has 0 radical (unpaired) electrons. The summed E-state index contributed by atoms with van der Waals surface area (Å²) in [5.74, 6) is 1.66. The Hall–Kier alpha value is -3.02. The standard InChI is InChI=1S/C17H18N4O2/c1-21(2)11-4-6-13-15(8-11)19-10-20-17(13)23-12-5-7-14(18)16(9-12)22-3/h4-10H,18H2,1-3H3. The Kier molecular flexibility index (Phi) is 3.89. The highest BCUT2D eigenvalue weighted by molar-refractivity contribution is 5.86. The molecule has 0 aliphatic carbocycles. The molecule has 3 aromatic rings. The molecule has 0 atom stereocenters. The minimum absolute atomic E-state index is 0.493. The van der Waals surface area contributed by atoms with Gasteiger partial charge in [-0.15, -0.1) is 0 Å². The number of nitrogen functional groups attached to an aromatic ring is 1. The molecular weight excluding hydrogens is 292 g/mol. The predicted molar refractivity (Wildman–Crippen MR) is 91.3 cm³/mol. The third-order valence-electron chi connectivity index (χ3n) is 3.52. The quantitative estimate of drug-likeness (QED) is 0.747. The number of ether oxygens (including phenoxy) is 2. The average Bonchev–Trinajstić information content (AvgIpc) is 2.56. The lowest BCUT2D eigenvalue weighted by Crippen LogP contribution is -2.08. The SMILES string of the molecule is COc1cc(Oc2ncnc3cc(N(C)C)ccc23)ccc1N. The molecule has 0 bridgehead atoms. The molecule has 0 saturated carbocycles. The van der Waals surface area contributed by atoms with Crippen LogP contribution >= 0.6 is 0 Å². The number of fused-ring (bicyclic) bond motifs is 1. The fourth-order valence-corrected chi connectivity index (χ4v) is 2.25. The molecule has 0 unspecified atom stereocenters. The van der Waals surface area contributed by atoms with Crippen LogP contribution in [0.3, 0.4) is 0 Å². The average molecular weight is 310 g/mol. The highest BCUT2D eigenvalue weighted by Gasteiger charge is 2.09. The van der Waals surface area contributed by atoms with Crippen molar-refractivity contribution >= 4 is 22.3 Å². The number of aromatic nitrogens is 2. The minimum Gasteiger partial charge on any atom is -0.494 e. The van der Waals surface area contributed by atoms with Gasteiger partial charge in [0.1, 0.15) is 17.8 Å². The van der Waals surface area contributed by atoms with Gasteiger partial charge in [-0.05, 0) is 30.3 Å². The van der Waals surface area contributed by atoms with E-state index in [2.05, 4.69) is 9.97 Å². The molecule has 1 heterocycles. The van der Waals surface area contributed by atoms with E-state index < -0.39 is 0 Å². The number of methoxy groups -OCH3 is 1. The lowest BCUT2D eigenvalue weighted by molar-refractivity contribution is 0.410. The van der Waals surface area contributed by atoms with Crippen LogP contribution in [0.2, 0.25) is 0 Å². The van der Waals surface area contributed by atoms with Crippen LogP contribution in [0.5, 0.6) is 17.4 Å². The number of benzene rings is 2. The predicted octanol–water partition coefficient (Wildman–Crippen LogP) is 3.08. The third-order valence-corrected chi connectivity index (χ3v) is 3.52. The molecule has 0 saturated heterocycles. The lowest BCUT2D eigenvalue weighted by atomic mass is 10.2. The third kappa shape index (κ3) is 2.96.